The third-order valence-electron chi connectivity index (χ3n) is 4.68. The van der Waals surface area contributed by atoms with Crippen molar-refractivity contribution in [1.29, 1.82) is 0 Å². The van der Waals surface area contributed by atoms with Crippen LogP contribution in [0.25, 0.3) is 10.4 Å². The van der Waals surface area contributed by atoms with E-state index in [1.165, 1.54) is 59.5 Å². The van der Waals surface area contributed by atoms with Crippen LogP contribution < -0.4 is 5.32 Å². The lowest BCUT2D eigenvalue weighted by molar-refractivity contribution is -0.137. The van der Waals surface area contributed by atoms with Gasteiger partial charge in [0.05, 0.1) is 0 Å². The Bertz CT molecular complexity index is 651. The van der Waals surface area contributed by atoms with Crippen LogP contribution in [0.3, 0.4) is 0 Å². The van der Waals surface area contributed by atoms with Gasteiger partial charge in [-0.2, -0.15) is 0 Å². The van der Waals surface area contributed by atoms with Gasteiger partial charge >= 0.3 is 5.97 Å². The van der Waals surface area contributed by atoms with E-state index in [4.69, 9.17) is 5.11 Å². The molecule has 0 amide bonds. The van der Waals surface area contributed by atoms with Crippen molar-refractivity contribution in [1.82, 2.24) is 0 Å². The number of rotatable bonds is 13. The van der Waals surface area contributed by atoms with Crippen molar-refractivity contribution >= 4 is 23.0 Å². The van der Waals surface area contributed by atoms with Crippen molar-refractivity contribution in [2.45, 2.75) is 64.2 Å². The van der Waals surface area contributed by atoms with Gasteiger partial charge in [0.1, 0.15) is 0 Å². The number of carbonyl (C=O) groups is 1. The summed E-state index contributed by atoms with van der Waals surface area (Å²) in [5.41, 5.74) is 2.57. The van der Waals surface area contributed by atoms with Crippen LogP contribution >= 0.6 is 11.3 Å². The molecule has 1 heterocycles. The van der Waals surface area contributed by atoms with Gasteiger partial charge in [-0.3, -0.25) is 4.79 Å². The second kappa shape index (κ2) is 11.7. The van der Waals surface area contributed by atoms with Crippen LogP contribution in [0, 0.1) is 0 Å². The SMILES string of the molecule is CNc1cc(-c2ccccc2)sc1CCCCCCCCCCC(=O)O. The quantitative estimate of drug-likeness (QED) is 0.389. The third kappa shape index (κ3) is 7.20. The normalized spacial score (nSPS) is 10.8. The molecule has 0 fully saturated rings. The Hall–Kier alpha value is -1.81. The summed E-state index contributed by atoms with van der Waals surface area (Å²) in [6, 6.07) is 12.9. The van der Waals surface area contributed by atoms with Crippen molar-refractivity contribution in [2.24, 2.45) is 0 Å². The average Bonchev–Trinajstić information content (AvgIpc) is 3.07. The van der Waals surface area contributed by atoms with Crippen LogP contribution in [0.5, 0.6) is 0 Å². The number of unbranched alkanes of at least 4 members (excludes halogenated alkanes) is 7. The van der Waals surface area contributed by atoms with Gasteiger partial charge in [-0.05, 0) is 30.9 Å². The van der Waals surface area contributed by atoms with Crippen LogP contribution in [-0.2, 0) is 11.2 Å². The fraction of sp³-hybridized carbons (Fsp3) is 0.500. The highest BCUT2D eigenvalue weighted by atomic mass is 32.1. The first kappa shape index (κ1) is 20.5. The Balaban J connectivity index is 1.64. The fourth-order valence-corrected chi connectivity index (χ4v) is 4.41. The topological polar surface area (TPSA) is 49.3 Å². The molecule has 1 aromatic carbocycles. The summed E-state index contributed by atoms with van der Waals surface area (Å²) in [5.74, 6) is -0.671. The molecule has 2 rings (SSSR count). The number of benzene rings is 1. The predicted molar refractivity (Wildman–Crippen MR) is 112 cm³/mol. The Labute approximate surface area is 161 Å². The summed E-state index contributed by atoms with van der Waals surface area (Å²) in [6.45, 7) is 0. The van der Waals surface area contributed by atoms with Gasteiger partial charge in [0.2, 0.25) is 0 Å². The summed E-state index contributed by atoms with van der Waals surface area (Å²) in [7, 11) is 2.00. The maximum atomic E-state index is 10.4. The molecule has 0 saturated heterocycles. The van der Waals surface area contributed by atoms with Crippen molar-refractivity contribution in [2.75, 3.05) is 12.4 Å². The first-order valence-electron chi connectivity index (χ1n) is 9.78. The maximum Gasteiger partial charge on any atom is 0.303 e. The van der Waals surface area contributed by atoms with E-state index in [1.54, 1.807) is 0 Å². The third-order valence-corrected chi connectivity index (χ3v) is 5.93. The summed E-state index contributed by atoms with van der Waals surface area (Å²) < 4.78 is 0. The van der Waals surface area contributed by atoms with E-state index < -0.39 is 5.97 Å². The van der Waals surface area contributed by atoms with E-state index in [9.17, 15) is 4.79 Å². The summed E-state index contributed by atoms with van der Waals surface area (Å²) >= 11 is 1.91. The van der Waals surface area contributed by atoms with E-state index in [0.717, 1.165) is 19.3 Å². The number of carboxylic acids is 1. The highest BCUT2D eigenvalue weighted by molar-refractivity contribution is 7.16. The van der Waals surface area contributed by atoms with Crippen molar-refractivity contribution in [3.63, 3.8) is 0 Å². The van der Waals surface area contributed by atoms with E-state index in [1.807, 2.05) is 18.4 Å². The smallest absolute Gasteiger partial charge is 0.303 e. The first-order valence-corrected chi connectivity index (χ1v) is 10.6. The van der Waals surface area contributed by atoms with Gasteiger partial charge in [0, 0.05) is 28.9 Å². The van der Waals surface area contributed by atoms with E-state index >= 15 is 0 Å². The molecule has 2 aromatic rings. The molecular weight excluding hydrogens is 342 g/mol. The highest BCUT2D eigenvalue weighted by Gasteiger charge is 2.09. The molecule has 1 aromatic heterocycles. The lowest BCUT2D eigenvalue weighted by Crippen LogP contribution is -1.93. The molecule has 0 spiro atoms. The second-order valence-corrected chi connectivity index (χ2v) is 7.92. The van der Waals surface area contributed by atoms with Gasteiger partial charge < -0.3 is 10.4 Å². The number of thiophene rings is 1. The maximum absolute atomic E-state index is 10.4. The summed E-state index contributed by atoms with van der Waals surface area (Å²) in [5, 5.41) is 12.0. The number of hydrogen-bond acceptors (Lipinski definition) is 3. The zero-order chi connectivity index (χ0) is 18.6. The summed E-state index contributed by atoms with van der Waals surface area (Å²) in [4.78, 5) is 13.2. The number of nitrogens with one attached hydrogen (secondary N) is 1. The minimum atomic E-state index is -0.671. The molecular formula is C22H31NO2S. The molecule has 0 saturated carbocycles. The Morgan fingerprint density at radius 3 is 2.19 bits per heavy atom. The van der Waals surface area contributed by atoms with Crippen LogP contribution in [0.1, 0.15) is 62.7 Å². The Kier molecular flexibility index (Phi) is 9.26. The van der Waals surface area contributed by atoms with E-state index in [-0.39, 0.29) is 0 Å². The lowest BCUT2D eigenvalue weighted by Gasteiger charge is -2.03. The second-order valence-electron chi connectivity index (χ2n) is 6.79. The average molecular weight is 374 g/mol. The van der Waals surface area contributed by atoms with Crippen LogP contribution in [0.15, 0.2) is 36.4 Å². The first-order chi connectivity index (χ1) is 12.7. The minimum absolute atomic E-state index is 0.319. The van der Waals surface area contributed by atoms with Gasteiger partial charge in [-0.1, -0.05) is 68.9 Å². The molecule has 0 aliphatic heterocycles. The van der Waals surface area contributed by atoms with Crippen molar-refractivity contribution in [3.8, 4) is 10.4 Å². The molecule has 26 heavy (non-hydrogen) atoms. The van der Waals surface area contributed by atoms with Gasteiger partial charge in [0.25, 0.3) is 0 Å². The van der Waals surface area contributed by atoms with Crippen LogP contribution in [0.4, 0.5) is 5.69 Å². The van der Waals surface area contributed by atoms with E-state index in [2.05, 4.69) is 41.7 Å². The van der Waals surface area contributed by atoms with Crippen LogP contribution in [0.2, 0.25) is 0 Å². The zero-order valence-electron chi connectivity index (χ0n) is 15.8. The van der Waals surface area contributed by atoms with Crippen molar-refractivity contribution in [3.05, 3.63) is 41.3 Å². The minimum Gasteiger partial charge on any atom is -0.481 e. The number of hydrogen-bond donors (Lipinski definition) is 2. The Morgan fingerprint density at radius 1 is 0.962 bits per heavy atom. The molecule has 0 unspecified atom stereocenters. The fourth-order valence-electron chi connectivity index (χ4n) is 3.19. The number of aryl methyl sites for hydroxylation is 1. The van der Waals surface area contributed by atoms with Gasteiger partial charge in [-0.15, -0.1) is 11.3 Å². The molecule has 0 radical (unpaired) electrons. The van der Waals surface area contributed by atoms with Gasteiger partial charge in [0.15, 0.2) is 0 Å². The number of aliphatic carboxylic acids is 1. The number of anilines is 1. The van der Waals surface area contributed by atoms with Crippen LogP contribution in [-0.4, -0.2) is 18.1 Å². The standard InChI is InChI=1S/C22H31NO2S/c1-23-19-17-21(18-13-9-8-10-14-18)26-20(19)15-11-6-4-2-3-5-7-12-16-22(24)25/h8-10,13-14,17,23H,2-7,11-12,15-16H2,1H3,(H,24,25). The summed E-state index contributed by atoms with van der Waals surface area (Å²) in [6.07, 6.45) is 10.8. The molecule has 142 valence electrons. The lowest BCUT2D eigenvalue weighted by atomic mass is 10.1. The molecule has 2 N–H and O–H groups in total. The van der Waals surface area contributed by atoms with Crippen molar-refractivity contribution < 1.29 is 9.90 Å². The zero-order valence-corrected chi connectivity index (χ0v) is 16.6. The molecule has 0 aliphatic rings. The highest BCUT2D eigenvalue weighted by Crippen LogP contribution is 2.35. The number of carboxylic acid groups (broad SMARTS) is 1. The molecule has 0 bridgehead atoms. The molecule has 0 aliphatic carbocycles. The molecule has 0 atom stereocenters. The largest absolute Gasteiger partial charge is 0.481 e. The predicted octanol–water partition coefficient (Wildman–Crippen LogP) is 6.59. The molecule has 4 heteroatoms. The van der Waals surface area contributed by atoms with Gasteiger partial charge in [-0.25, -0.2) is 0 Å². The van der Waals surface area contributed by atoms with E-state index in [0.29, 0.717) is 6.42 Å². The monoisotopic (exact) mass is 373 g/mol. The molecule has 3 nitrogen and oxygen atoms in total. The Morgan fingerprint density at radius 2 is 1.58 bits per heavy atom.